The normalized spacial score (nSPS) is 10.7. The summed E-state index contributed by atoms with van der Waals surface area (Å²) in [5, 5.41) is 11.7. The Hall–Kier alpha value is -1.86. The van der Waals surface area contributed by atoms with Crippen LogP contribution >= 0.6 is 0 Å². The fourth-order valence-electron chi connectivity index (χ4n) is 1.92. The van der Waals surface area contributed by atoms with Crippen LogP contribution in [0.4, 0.5) is 0 Å². The number of unbranched alkanes of at least 4 members (excludes halogenated alkanes) is 1. The molecule has 4 nitrogen and oxygen atoms in total. The summed E-state index contributed by atoms with van der Waals surface area (Å²) < 4.78 is 0. The second-order valence-electron chi connectivity index (χ2n) is 5.62. The average Bonchev–Trinajstić information content (AvgIpc) is 2.47. The molecule has 0 aliphatic rings. The van der Waals surface area contributed by atoms with Crippen LogP contribution in [0.15, 0.2) is 24.3 Å². The molecular formula is C17H25N3O. The topological polar surface area (TPSA) is 56.1 Å². The van der Waals surface area contributed by atoms with Crippen molar-refractivity contribution in [2.75, 3.05) is 20.1 Å². The minimum Gasteiger partial charge on any atom is -0.356 e. The van der Waals surface area contributed by atoms with Crippen molar-refractivity contribution in [2.24, 2.45) is 0 Å². The van der Waals surface area contributed by atoms with Gasteiger partial charge < -0.3 is 10.2 Å². The maximum atomic E-state index is 11.8. The van der Waals surface area contributed by atoms with Gasteiger partial charge in [0.05, 0.1) is 18.1 Å². The minimum absolute atomic E-state index is 0.0388. The van der Waals surface area contributed by atoms with Crippen molar-refractivity contribution >= 4 is 5.91 Å². The largest absolute Gasteiger partial charge is 0.356 e. The average molecular weight is 287 g/mol. The second kappa shape index (κ2) is 9.15. The van der Waals surface area contributed by atoms with Gasteiger partial charge in [-0.25, -0.2) is 0 Å². The SMILES string of the molecule is CC(C)N(C)CCCCNC(=O)Cc1ccc(C#N)cc1. The van der Waals surface area contributed by atoms with Gasteiger partial charge in [-0.1, -0.05) is 12.1 Å². The van der Waals surface area contributed by atoms with Gasteiger partial charge in [0, 0.05) is 12.6 Å². The molecule has 1 rings (SSSR count). The summed E-state index contributed by atoms with van der Waals surface area (Å²) in [6.45, 7) is 6.14. The zero-order valence-corrected chi connectivity index (χ0v) is 13.2. The molecule has 0 heterocycles. The lowest BCUT2D eigenvalue weighted by Crippen LogP contribution is -2.29. The number of amides is 1. The van der Waals surface area contributed by atoms with Crippen LogP contribution in [-0.2, 0) is 11.2 Å². The third-order valence-corrected chi connectivity index (χ3v) is 3.59. The second-order valence-corrected chi connectivity index (χ2v) is 5.62. The predicted octanol–water partition coefficient (Wildman–Crippen LogP) is 2.34. The van der Waals surface area contributed by atoms with E-state index in [-0.39, 0.29) is 5.91 Å². The lowest BCUT2D eigenvalue weighted by Gasteiger charge is -2.20. The van der Waals surface area contributed by atoms with E-state index in [0.717, 1.165) is 31.5 Å². The molecule has 0 aliphatic carbocycles. The summed E-state index contributed by atoms with van der Waals surface area (Å²) in [6, 6.07) is 9.77. The third-order valence-electron chi connectivity index (χ3n) is 3.59. The number of carbonyl (C=O) groups excluding carboxylic acids is 1. The van der Waals surface area contributed by atoms with E-state index in [1.165, 1.54) is 0 Å². The number of benzene rings is 1. The highest BCUT2D eigenvalue weighted by molar-refractivity contribution is 5.78. The third kappa shape index (κ3) is 6.92. The molecule has 1 amide bonds. The highest BCUT2D eigenvalue weighted by Gasteiger charge is 2.04. The molecule has 21 heavy (non-hydrogen) atoms. The molecule has 0 saturated carbocycles. The maximum Gasteiger partial charge on any atom is 0.224 e. The lowest BCUT2D eigenvalue weighted by molar-refractivity contribution is -0.120. The fourth-order valence-corrected chi connectivity index (χ4v) is 1.92. The Labute approximate surface area is 127 Å². The van der Waals surface area contributed by atoms with E-state index in [1.807, 2.05) is 12.1 Å². The van der Waals surface area contributed by atoms with Crippen molar-refractivity contribution in [2.45, 2.75) is 39.2 Å². The maximum absolute atomic E-state index is 11.8. The van der Waals surface area contributed by atoms with Crippen molar-refractivity contribution in [3.05, 3.63) is 35.4 Å². The molecule has 1 aromatic carbocycles. The number of hydrogen-bond donors (Lipinski definition) is 1. The van der Waals surface area contributed by atoms with Crippen LogP contribution in [0.1, 0.15) is 37.8 Å². The molecule has 0 radical (unpaired) electrons. The number of hydrogen-bond acceptors (Lipinski definition) is 3. The molecule has 0 fully saturated rings. The Morgan fingerprint density at radius 3 is 2.52 bits per heavy atom. The smallest absolute Gasteiger partial charge is 0.224 e. The van der Waals surface area contributed by atoms with Crippen molar-refractivity contribution in [3.63, 3.8) is 0 Å². The quantitative estimate of drug-likeness (QED) is 0.747. The van der Waals surface area contributed by atoms with E-state index in [2.05, 4.69) is 37.2 Å². The summed E-state index contributed by atoms with van der Waals surface area (Å²) in [6.07, 6.45) is 2.46. The Bertz CT molecular complexity index is 474. The van der Waals surface area contributed by atoms with Gasteiger partial charge >= 0.3 is 0 Å². The molecule has 1 N–H and O–H groups in total. The van der Waals surface area contributed by atoms with E-state index in [4.69, 9.17) is 5.26 Å². The lowest BCUT2D eigenvalue weighted by atomic mass is 10.1. The van der Waals surface area contributed by atoms with E-state index < -0.39 is 0 Å². The van der Waals surface area contributed by atoms with Crippen LogP contribution < -0.4 is 5.32 Å². The highest BCUT2D eigenvalue weighted by Crippen LogP contribution is 2.04. The molecule has 0 atom stereocenters. The standard InChI is InChI=1S/C17H25N3O/c1-14(2)20(3)11-5-4-10-19-17(21)12-15-6-8-16(13-18)9-7-15/h6-9,14H,4-5,10-12H2,1-3H3,(H,19,21). The number of carbonyl (C=O) groups is 1. The van der Waals surface area contributed by atoms with Crippen LogP contribution in [0.5, 0.6) is 0 Å². The van der Waals surface area contributed by atoms with Gasteiger partial charge in [-0.3, -0.25) is 4.79 Å². The van der Waals surface area contributed by atoms with Crippen LogP contribution in [0, 0.1) is 11.3 Å². The molecule has 4 heteroatoms. The molecule has 0 spiro atoms. The van der Waals surface area contributed by atoms with Crippen LogP contribution in [-0.4, -0.2) is 37.0 Å². The van der Waals surface area contributed by atoms with Crippen LogP contribution in [0.25, 0.3) is 0 Å². The molecule has 0 saturated heterocycles. The fraction of sp³-hybridized carbons (Fsp3) is 0.529. The van der Waals surface area contributed by atoms with E-state index in [0.29, 0.717) is 18.0 Å². The van der Waals surface area contributed by atoms with Crippen LogP contribution in [0.2, 0.25) is 0 Å². The van der Waals surface area contributed by atoms with E-state index in [9.17, 15) is 4.79 Å². The van der Waals surface area contributed by atoms with E-state index >= 15 is 0 Å². The van der Waals surface area contributed by atoms with Gasteiger partial charge in [0.15, 0.2) is 0 Å². The molecule has 0 bridgehead atoms. The first-order valence-electron chi connectivity index (χ1n) is 7.49. The summed E-state index contributed by atoms with van der Waals surface area (Å²) >= 11 is 0. The van der Waals surface area contributed by atoms with Gasteiger partial charge in [-0.15, -0.1) is 0 Å². The minimum atomic E-state index is 0.0388. The van der Waals surface area contributed by atoms with E-state index in [1.54, 1.807) is 12.1 Å². The van der Waals surface area contributed by atoms with Crippen molar-refractivity contribution in [3.8, 4) is 6.07 Å². The number of nitrogens with one attached hydrogen (secondary N) is 1. The number of nitriles is 1. The van der Waals surface area contributed by atoms with Crippen LogP contribution in [0.3, 0.4) is 0 Å². The predicted molar refractivity (Wildman–Crippen MR) is 84.9 cm³/mol. The van der Waals surface area contributed by atoms with Gasteiger partial charge in [0.25, 0.3) is 0 Å². The Morgan fingerprint density at radius 1 is 1.29 bits per heavy atom. The Balaban J connectivity index is 2.18. The molecule has 0 unspecified atom stereocenters. The molecule has 0 aromatic heterocycles. The summed E-state index contributed by atoms with van der Waals surface area (Å²) in [7, 11) is 2.12. The number of rotatable bonds is 8. The molecule has 1 aromatic rings. The summed E-state index contributed by atoms with van der Waals surface area (Å²) in [5.41, 5.74) is 1.56. The van der Waals surface area contributed by atoms with Crippen molar-refractivity contribution in [1.82, 2.24) is 10.2 Å². The van der Waals surface area contributed by atoms with Crippen molar-refractivity contribution in [1.29, 1.82) is 5.26 Å². The zero-order valence-electron chi connectivity index (χ0n) is 13.2. The first-order chi connectivity index (χ1) is 10.0. The first-order valence-corrected chi connectivity index (χ1v) is 7.49. The van der Waals surface area contributed by atoms with Crippen molar-refractivity contribution < 1.29 is 4.79 Å². The zero-order chi connectivity index (χ0) is 15.7. The Morgan fingerprint density at radius 2 is 1.95 bits per heavy atom. The van der Waals surface area contributed by atoms with Gasteiger partial charge in [-0.2, -0.15) is 5.26 Å². The summed E-state index contributed by atoms with van der Waals surface area (Å²) in [5.74, 6) is 0.0388. The van der Waals surface area contributed by atoms with Gasteiger partial charge in [-0.05, 0) is 58.0 Å². The first kappa shape index (κ1) is 17.2. The monoisotopic (exact) mass is 287 g/mol. The van der Waals surface area contributed by atoms with Gasteiger partial charge in [0.2, 0.25) is 5.91 Å². The Kier molecular flexibility index (Phi) is 7.49. The van der Waals surface area contributed by atoms with Gasteiger partial charge in [0.1, 0.15) is 0 Å². The summed E-state index contributed by atoms with van der Waals surface area (Å²) in [4.78, 5) is 14.1. The molecular weight excluding hydrogens is 262 g/mol. The number of nitrogens with zero attached hydrogens (tertiary/aromatic N) is 2. The molecule has 114 valence electrons. The highest BCUT2D eigenvalue weighted by atomic mass is 16.1. The molecule has 0 aliphatic heterocycles.